The molecule has 5 N–H and O–H groups in total. The molecule has 5 nitrogen and oxygen atoms in total. The van der Waals surface area contributed by atoms with Crippen molar-refractivity contribution in [2.45, 2.75) is 18.5 Å². The lowest BCUT2D eigenvalue weighted by molar-refractivity contribution is 0.100. The van der Waals surface area contributed by atoms with E-state index >= 15 is 0 Å². The summed E-state index contributed by atoms with van der Waals surface area (Å²) < 4.78 is 29.3. The van der Waals surface area contributed by atoms with Crippen LogP contribution in [0.1, 0.15) is 34.3 Å². The van der Waals surface area contributed by atoms with Crippen LogP contribution in [-0.2, 0) is 5.67 Å². The number of carbonyl (C=O) groups is 1. The molecule has 136 valence electrons. The highest BCUT2D eigenvalue weighted by atomic mass is 19.1. The molecule has 0 saturated carbocycles. The molecule has 2 aromatic carbocycles. The Balaban J connectivity index is 1.86. The van der Waals surface area contributed by atoms with E-state index in [9.17, 15) is 13.6 Å². The molecule has 1 fully saturated rings. The van der Waals surface area contributed by atoms with Gasteiger partial charge in [-0.1, -0.05) is 18.2 Å². The summed E-state index contributed by atoms with van der Waals surface area (Å²) in [6.45, 7) is 0.938. The van der Waals surface area contributed by atoms with E-state index in [1.54, 1.807) is 18.2 Å². The fourth-order valence-corrected chi connectivity index (χ4v) is 3.05. The van der Waals surface area contributed by atoms with Gasteiger partial charge in [0.05, 0.1) is 16.9 Å². The molecular formula is C19H20F2N4O. The number of primary amides is 1. The van der Waals surface area contributed by atoms with Crippen LogP contribution in [0.5, 0.6) is 0 Å². The Hall–Kier alpha value is -2.80. The average Bonchev–Trinajstić information content (AvgIpc) is 2.62. The Labute approximate surface area is 150 Å². The van der Waals surface area contributed by atoms with Crippen LogP contribution in [0, 0.1) is 5.82 Å². The van der Waals surface area contributed by atoms with Gasteiger partial charge in [-0.05, 0) is 43.1 Å². The average molecular weight is 358 g/mol. The van der Waals surface area contributed by atoms with Crippen LogP contribution in [0.25, 0.3) is 0 Å². The molecule has 0 aliphatic carbocycles. The predicted octanol–water partition coefficient (Wildman–Crippen LogP) is 2.81. The first-order chi connectivity index (χ1) is 12.4. The Morgan fingerprint density at radius 2 is 2.12 bits per heavy atom. The number of nitrogen functional groups attached to an aromatic ring is 1. The molecular weight excluding hydrogens is 338 g/mol. The van der Waals surface area contributed by atoms with Crippen molar-refractivity contribution in [3.8, 4) is 0 Å². The number of benzene rings is 2. The fourth-order valence-electron chi connectivity index (χ4n) is 3.05. The summed E-state index contributed by atoms with van der Waals surface area (Å²) in [7, 11) is 0. The molecule has 0 radical (unpaired) electrons. The highest BCUT2D eigenvalue weighted by molar-refractivity contribution is 6.02. The zero-order chi connectivity index (χ0) is 18.7. The number of nitrogens with zero attached hydrogens (tertiary/aromatic N) is 1. The standard InChI is InChI=1S/C19H20F2N4O/c20-15-9-13(19(21)7-2-8-24-11-19)5-6-16(15)25-10-12-3-1-4-14(17(12)22)18(23)26/h1,3-6,9-10,24H,2,7-8,11,22H2,(H2,23,26). The van der Waals surface area contributed by atoms with Gasteiger partial charge in [0.15, 0.2) is 0 Å². The summed E-state index contributed by atoms with van der Waals surface area (Å²) in [6, 6.07) is 8.92. The Bertz CT molecular complexity index is 861. The maximum atomic E-state index is 14.9. The number of alkyl halides is 1. The smallest absolute Gasteiger partial charge is 0.250 e. The van der Waals surface area contributed by atoms with Gasteiger partial charge in [0.2, 0.25) is 0 Å². The van der Waals surface area contributed by atoms with Crippen molar-refractivity contribution in [2.24, 2.45) is 10.7 Å². The maximum Gasteiger partial charge on any atom is 0.250 e. The van der Waals surface area contributed by atoms with Crippen LogP contribution in [0.3, 0.4) is 0 Å². The van der Waals surface area contributed by atoms with E-state index in [4.69, 9.17) is 11.5 Å². The van der Waals surface area contributed by atoms with Gasteiger partial charge in [0.25, 0.3) is 5.91 Å². The number of amides is 1. The molecule has 1 atom stereocenters. The number of aliphatic imine (C=N–C) groups is 1. The van der Waals surface area contributed by atoms with E-state index in [2.05, 4.69) is 10.3 Å². The Kier molecular flexibility index (Phi) is 4.99. The van der Waals surface area contributed by atoms with Gasteiger partial charge in [-0.15, -0.1) is 0 Å². The van der Waals surface area contributed by atoms with E-state index in [1.807, 2.05) is 0 Å². The van der Waals surface area contributed by atoms with Crippen LogP contribution in [0.4, 0.5) is 20.2 Å². The van der Waals surface area contributed by atoms with Crippen molar-refractivity contribution in [3.63, 3.8) is 0 Å². The quantitative estimate of drug-likeness (QED) is 0.579. The lowest BCUT2D eigenvalue weighted by Crippen LogP contribution is -2.40. The minimum Gasteiger partial charge on any atom is -0.398 e. The monoisotopic (exact) mass is 358 g/mol. The summed E-state index contributed by atoms with van der Waals surface area (Å²) in [6.07, 6.45) is 2.42. The summed E-state index contributed by atoms with van der Waals surface area (Å²) in [5.41, 5.74) is 10.7. The van der Waals surface area contributed by atoms with Crippen molar-refractivity contribution >= 4 is 23.5 Å². The number of rotatable bonds is 4. The predicted molar refractivity (Wildman–Crippen MR) is 97.9 cm³/mol. The second kappa shape index (κ2) is 7.21. The third kappa shape index (κ3) is 3.57. The molecule has 1 aliphatic heterocycles. The third-order valence-electron chi connectivity index (χ3n) is 4.54. The van der Waals surface area contributed by atoms with Crippen molar-refractivity contribution < 1.29 is 13.6 Å². The minimum atomic E-state index is -1.57. The van der Waals surface area contributed by atoms with Gasteiger partial charge in [-0.25, -0.2) is 8.78 Å². The third-order valence-corrected chi connectivity index (χ3v) is 4.54. The van der Waals surface area contributed by atoms with E-state index in [0.29, 0.717) is 24.0 Å². The normalized spacial score (nSPS) is 20.4. The van der Waals surface area contributed by atoms with Crippen molar-refractivity contribution in [2.75, 3.05) is 18.8 Å². The summed E-state index contributed by atoms with van der Waals surface area (Å²) in [5.74, 6) is -1.27. The fraction of sp³-hybridized carbons (Fsp3) is 0.263. The highest BCUT2D eigenvalue weighted by Gasteiger charge is 2.34. The number of nitrogens with one attached hydrogen (secondary N) is 1. The Morgan fingerprint density at radius 3 is 2.77 bits per heavy atom. The van der Waals surface area contributed by atoms with Crippen molar-refractivity contribution in [1.82, 2.24) is 5.32 Å². The largest absolute Gasteiger partial charge is 0.398 e. The van der Waals surface area contributed by atoms with E-state index in [1.165, 1.54) is 24.4 Å². The van der Waals surface area contributed by atoms with Crippen LogP contribution in [0.15, 0.2) is 41.4 Å². The van der Waals surface area contributed by atoms with Gasteiger partial charge in [-0.2, -0.15) is 0 Å². The molecule has 2 aromatic rings. The molecule has 1 unspecified atom stereocenters. The minimum absolute atomic E-state index is 0.0602. The summed E-state index contributed by atoms with van der Waals surface area (Å²) in [4.78, 5) is 15.4. The lowest BCUT2D eigenvalue weighted by Gasteiger charge is -2.30. The van der Waals surface area contributed by atoms with Crippen LogP contribution < -0.4 is 16.8 Å². The van der Waals surface area contributed by atoms with Crippen molar-refractivity contribution in [1.29, 1.82) is 0 Å². The molecule has 1 aliphatic rings. The van der Waals surface area contributed by atoms with Crippen LogP contribution in [0.2, 0.25) is 0 Å². The summed E-state index contributed by atoms with van der Waals surface area (Å²) >= 11 is 0. The number of piperidine rings is 1. The second-order valence-electron chi connectivity index (χ2n) is 6.34. The number of halogens is 2. The highest BCUT2D eigenvalue weighted by Crippen LogP contribution is 2.34. The molecule has 1 saturated heterocycles. The molecule has 7 heteroatoms. The second-order valence-corrected chi connectivity index (χ2v) is 6.34. The molecule has 0 spiro atoms. The van der Waals surface area contributed by atoms with E-state index in [0.717, 1.165) is 6.54 Å². The molecule has 0 aromatic heterocycles. The summed E-state index contributed by atoms with van der Waals surface area (Å²) in [5, 5.41) is 3.00. The molecule has 0 bridgehead atoms. The van der Waals surface area contributed by atoms with E-state index < -0.39 is 17.4 Å². The first-order valence-electron chi connectivity index (χ1n) is 8.33. The Morgan fingerprint density at radius 1 is 1.31 bits per heavy atom. The number of nitrogens with two attached hydrogens (primary N) is 2. The molecule has 3 rings (SSSR count). The molecule has 1 amide bonds. The van der Waals surface area contributed by atoms with Gasteiger partial charge >= 0.3 is 0 Å². The van der Waals surface area contributed by atoms with Gasteiger partial charge in [-0.3, -0.25) is 9.79 Å². The van der Waals surface area contributed by atoms with Crippen molar-refractivity contribution in [3.05, 3.63) is 58.9 Å². The number of carbonyl (C=O) groups excluding carboxylic acids is 1. The first kappa shape index (κ1) is 18.0. The SMILES string of the molecule is NC(=O)c1cccc(C=Nc2ccc(C3(F)CCCNC3)cc2F)c1N. The number of anilines is 1. The lowest BCUT2D eigenvalue weighted by atomic mass is 9.88. The van der Waals surface area contributed by atoms with Gasteiger partial charge in [0, 0.05) is 18.3 Å². The number of hydrogen-bond acceptors (Lipinski definition) is 4. The topological polar surface area (TPSA) is 93.5 Å². The molecule has 26 heavy (non-hydrogen) atoms. The maximum absolute atomic E-state index is 14.9. The molecule has 1 heterocycles. The van der Waals surface area contributed by atoms with Gasteiger partial charge < -0.3 is 16.8 Å². The van der Waals surface area contributed by atoms with Gasteiger partial charge in [0.1, 0.15) is 11.5 Å². The number of para-hydroxylation sites is 1. The van der Waals surface area contributed by atoms with Crippen LogP contribution >= 0.6 is 0 Å². The first-order valence-corrected chi connectivity index (χ1v) is 8.33. The number of hydrogen-bond donors (Lipinski definition) is 3. The van der Waals surface area contributed by atoms with E-state index in [-0.39, 0.29) is 23.5 Å². The zero-order valence-corrected chi connectivity index (χ0v) is 14.1. The zero-order valence-electron chi connectivity index (χ0n) is 14.1. The van der Waals surface area contributed by atoms with Crippen LogP contribution in [-0.4, -0.2) is 25.2 Å².